The monoisotopic (exact) mass is 513 g/mol. The first-order valence-electron chi connectivity index (χ1n) is 10.2. The van der Waals surface area contributed by atoms with Crippen molar-refractivity contribution >= 4 is 29.9 Å². The van der Waals surface area contributed by atoms with Gasteiger partial charge in [0.25, 0.3) is 0 Å². The van der Waals surface area contributed by atoms with Gasteiger partial charge in [0.2, 0.25) is 0 Å². The van der Waals surface area contributed by atoms with Gasteiger partial charge in [0, 0.05) is 31.7 Å². The van der Waals surface area contributed by atoms with Crippen molar-refractivity contribution in [3.63, 3.8) is 0 Å². The number of halogens is 1. The van der Waals surface area contributed by atoms with Crippen molar-refractivity contribution in [2.24, 2.45) is 4.99 Å². The fourth-order valence-corrected chi connectivity index (χ4v) is 3.21. The molecule has 1 aromatic carbocycles. The summed E-state index contributed by atoms with van der Waals surface area (Å²) in [6.07, 6.45) is 6.25. The maximum Gasteiger partial charge on any atom is 0.191 e. The van der Waals surface area contributed by atoms with Gasteiger partial charge in [-0.25, -0.2) is 4.99 Å². The molecule has 7 heteroatoms. The van der Waals surface area contributed by atoms with Crippen LogP contribution in [0.25, 0.3) is 0 Å². The Kier molecular flexibility index (Phi) is 10.9. The number of nitrogens with one attached hydrogen (secondary N) is 2. The molecule has 0 aliphatic carbocycles. The zero-order valence-corrected chi connectivity index (χ0v) is 19.4. The third-order valence-corrected chi connectivity index (χ3v) is 4.70. The molecule has 2 aromatic rings. The van der Waals surface area contributed by atoms with E-state index in [0.29, 0.717) is 13.2 Å². The summed E-state index contributed by atoms with van der Waals surface area (Å²) < 4.78 is 16.9. The van der Waals surface area contributed by atoms with Gasteiger partial charge in [-0.3, -0.25) is 0 Å². The number of hydrogen-bond donors (Lipinski definition) is 2. The summed E-state index contributed by atoms with van der Waals surface area (Å²) in [5.41, 5.74) is 1.07. The molecule has 1 aliphatic heterocycles. The minimum absolute atomic E-state index is 0. The number of guanidine groups is 1. The number of rotatable bonds is 9. The first-order chi connectivity index (χ1) is 13.8. The normalized spacial score (nSPS) is 16.7. The predicted octanol–water partition coefficient (Wildman–Crippen LogP) is 4.14. The molecule has 0 spiro atoms. The predicted molar refractivity (Wildman–Crippen MR) is 126 cm³/mol. The third-order valence-electron chi connectivity index (χ3n) is 4.70. The average molecular weight is 513 g/mol. The highest BCUT2D eigenvalue weighted by Gasteiger charge is 2.14. The molecule has 29 heavy (non-hydrogen) atoms. The van der Waals surface area contributed by atoms with E-state index < -0.39 is 0 Å². The second kappa shape index (κ2) is 13.5. The van der Waals surface area contributed by atoms with Crippen molar-refractivity contribution < 1.29 is 13.9 Å². The molecule has 1 aliphatic rings. The van der Waals surface area contributed by atoms with Gasteiger partial charge in [0.1, 0.15) is 11.5 Å². The van der Waals surface area contributed by atoms with E-state index in [1.807, 2.05) is 37.3 Å². The highest BCUT2D eigenvalue weighted by Crippen LogP contribution is 2.18. The lowest BCUT2D eigenvalue weighted by molar-refractivity contribution is 0.0194. The van der Waals surface area contributed by atoms with Crippen LogP contribution in [-0.4, -0.2) is 38.4 Å². The summed E-state index contributed by atoms with van der Waals surface area (Å²) in [5.74, 6) is 2.63. The van der Waals surface area contributed by atoms with Crippen LogP contribution in [0.3, 0.4) is 0 Å². The summed E-state index contributed by atoms with van der Waals surface area (Å²) in [6, 6.07) is 11.9. The number of ether oxygens (including phenoxy) is 2. The van der Waals surface area contributed by atoms with Crippen molar-refractivity contribution in [1.82, 2.24) is 10.6 Å². The number of aliphatic imine (C=N–C) groups is 1. The molecule has 1 atom stereocenters. The van der Waals surface area contributed by atoms with Gasteiger partial charge >= 0.3 is 0 Å². The van der Waals surface area contributed by atoms with Crippen LogP contribution in [-0.2, 0) is 17.7 Å². The van der Waals surface area contributed by atoms with Crippen LogP contribution in [0.2, 0.25) is 0 Å². The summed E-state index contributed by atoms with van der Waals surface area (Å²) in [6.45, 7) is 5.56. The quantitative estimate of drug-likeness (QED) is 0.300. The Balaban J connectivity index is 0.00000300. The number of furan rings is 1. The van der Waals surface area contributed by atoms with Crippen LogP contribution < -0.4 is 15.4 Å². The largest absolute Gasteiger partial charge is 0.494 e. The molecule has 1 saturated heterocycles. The Bertz CT molecular complexity index is 716. The maximum absolute atomic E-state index is 5.83. The van der Waals surface area contributed by atoms with Crippen LogP contribution in [0.1, 0.15) is 37.5 Å². The fourth-order valence-electron chi connectivity index (χ4n) is 3.21. The van der Waals surface area contributed by atoms with E-state index >= 15 is 0 Å². The van der Waals surface area contributed by atoms with Crippen LogP contribution in [0.15, 0.2) is 52.1 Å². The standard InChI is InChI=1S/C22H31N3O3.HI/c1-2-26-21-11-4-3-8-18(21)16-24-22(23-13-12-19-10-7-15-27-19)25-17-20-9-5-6-14-28-20;/h3-4,7-8,10-11,15,20H,2,5-6,9,12-14,16-17H2,1H3,(H2,23,24,25);1H. The van der Waals surface area contributed by atoms with Gasteiger partial charge in [-0.1, -0.05) is 18.2 Å². The Morgan fingerprint density at radius 3 is 2.83 bits per heavy atom. The van der Waals surface area contributed by atoms with E-state index in [9.17, 15) is 0 Å². The third kappa shape index (κ3) is 8.26. The highest BCUT2D eigenvalue weighted by atomic mass is 127. The average Bonchev–Trinajstić information content (AvgIpc) is 3.25. The van der Waals surface area contributed by atoms with Crippen molar-refractivity contribution in [3.8, 4) is 5.75 Å². The first-order valence-corrected chi connectivity index (χ1v) is 10.2. The molecule has 0 bridgehead atoms. The SMILES string of the molecule is CCOc1ccccc1CN=C(NCCc1ccco1)NCC1CCCCO1.I. The summed E-state index contributed by atoms with van der Waals surface area (Å²) in [4.78, 5) is 4.77. The minimum Gasteiger partial charge on any atom is -0.494 e. The van der Waals surface area contributed by atoms with Crippen molar-refractivity contribution in [1.29, 1.82) is 0 Å². The minimum atomic E-state index is 0. The van der Waals surface area contributed by atoms with E-state index in [1.165, 1.54) is 6.42 Å². The Hall–Kier alpha value is -1.74. The number of para-hydroxylation sites is 1. The van der Waals surface area contributed by atoms with Gasteiger partial charge < -0.3 is 24.5 Å². The topological polar surface area (TPSA) is 68.0 Å². The van der Waals surface area contributed by atoms with Crippen molar-refractivity contribution in [3.05, 3.63) is 54.0 Å². The van der Waals surface area contributed by atoms with Crippen LogP contribution >= 0.6 is 24.0 Å². The number of nitrogens with zero attached hydrogens (tertiary/aromatic N) is 1. The van der Waals surface area contributed by atoms with Gasteiger partial charge in [-0.15, -0.1) is 24.0 Å². The second-order valence-corrected chi connectivity index (χ2v) is 6.83. The Morgan fingerprint density at radius 1 is 1.17 bits per heavy atom. The lowest BCUT2D eigenvalue weighted by atomic mass is 10.1. The molecule has 1 aromatic heterocycles. The molecule has 3 rings (SSSR count). The maximum atomic E-state index is 5.83. The highest BCUT2D eigenvalue weighted by molar-refractivity contribution is 14.0. The van der Waals surface area contributed by atoms with Crippen molar-refractivity contribution in [2.45, 2.75) is 45.3 Å². The fraction of sp³-hybridized carbons (Fsp3) is 0.500. The molecule has 6 nitrogen and oxygen atoms in total. The van der Waals surface area contributed by atoms with Crippen molar-refractivity contribution in [2.75, 3.05) is 26.3 Å². The molecule has 0 radical (unpaired) electrons. The lowest BCUT2D eigenvalue weighted by Crippen LogP contribution is -2.43. The molecule has 0 amide bonds. The van der Waals surface area contributed by atoms with Gasteiger partial charge in [-0.05, 0) is 44.4 Å². The van der Waals surface area contributed by atoms with E-state index in [2.05, 4.69) is 16.7 Å². The number of benzene rings is 1. The number of hydrogen-bond acceptors (Lipinski definition) is 4. The molecular weight excluding hydrogens is 481 g/mol. The van der Waals surface area contributed by atoms with E-state index in [4.69, 9.17) is 18.9 Å². The summed E-state index contributed by atoms with van der Waals surface area (Å²) >= 11 is 0. The van der Waals surface area contributed by atoms with Crippen LogP contribution in [0.5, 0.6) is 5.75 Å². The first kappa shape index (κ1) is 23.5. The smallest absolute Gasteiger partial charge is 0.191 e. The Morgan fingerprint density at radius 2 is 2.07 bits per heavy atom. The summed E-state index contributed by atoms with van der Waals surface area (Å²) in [5, 5.41) is 6.84. The van der Waals surface area contributed by atoms with E-state index in [1.54, 1.807) is 6.26 Å². The van der Waals surface area contributed by atoms with Crippen LogP contribution in [0.4, 0.5) is 0 Å². The Labute approximate surface area is 190 Å². The van der Waals surface area contributed by atoms with E-state index in [0.717, 1.165) is 62.0 Å². The van der Waals surface area contributed by atoms with Crippen LogP contribution in [0, 0.1) is 0 Å². The lowest BCUT2D eigenvalue weighted by Gasteiger charge is -2.24. The molecule has 0 saturated carbocycles. The molecule has 1 unspecified atom stereocenters. The molecular formula is C22H32IN3O3. The van der Waals surface area contributed by atoms with E-state index in [-0.39, 0.29) is 30.1 Å². The molecule has 160 valence electrons. The van der Waals surface area contributed by atoms with Gasteiger partial charge in [-0.2, -0.15) is 0 Å². The zero-order chi connectivity index (χ0) is 19.4. The van der Waals surface area contributed by atoms with Gasteiger partial charge in [0.15, 0.2) is 5.96 Å². The second-order valence-electron chi connectivity index (χ2n) is 6.83. The zero-order valence-electron chi connectivity index (χ0n) is 17.1. The molecule has 2 N–H and O–H groups in total. The summed E-state index contributed by atoms with van der Waals surface area (Å²) in [7, 11) is 0. The van der Waals surface area contributed by atoms with Gasteiger partial charge in [0.05, 0.1) is 25.5 Å². The molecule has 2 heterocycles. The molecule has 1 fully saturated rings.